The van der Waals surface area contributed by atoms with Gasteiger partial charge in [-0.1, -0.05) is 23.7 Å². The van der Waals surface area contributed by atoms with Crippen molar-refractivity contribution >= 4 is 17.5 Å². The highest BCUT2D eigenvalue weighted by molar-refractivity contribution is 6.30. The van der Waals surface area contributed by atoms with Gasteiger partial charge in [0.15, 0.2) is 0 Å². The van der Waals surface area contributed by atoms with Crippen molar-refractivity contribution < 1.29 is 14.3 Å². The standard InChI is InChI=1S/C10H12ClFN2O2/c11-7-3-1-2-6(9(7)12)4-14-10(16)8(13)5-15/h1-3,8,15H,4-5,13H2,(H,14,16). The Hall–Kier alpha value is -1.17. The van der Waals surface area contributed by atoms with E-state index in [9.17, 15) is 9.18 Å². The van der Waals surface area contributed by atoms with Gasteiger partial charge in [-0.25, -0.2) is 4.39 Å². The van der Waals surface area contributed by atoms with Crippen LogP contribution in [0.3, 0.4) is 0 Å². The number of aliphatic hydroxyl groups is 1. The molecule has 0 saturated carbocycles. The maximum Gasteiger partial charge on any atom is 0.239 e. The molecule has 0 bridgehead atoms. The first-order valence-corrected chi connectivity index (χ1v) is 5.01. The van der Waals surface area contributed by atoms with Crippen molar-refractivity contribution in [3.05, 3.63) is 34.6 Å². The molecule has 0 saturated heterocycles. The number of nitrogens with two attached hydrogens (primary N) is 1. The second-order valence-corrected chi connectivity index (χ2v) is 3.63. The summed E-state index contributed by atoms with van der Waals surface area (Å²) in [6.07, 6.45) is 0. The number of carbonyl (C=O) groups excluding carboxylic acids is 1. The minimum atomic E-state index is -0.998. The first-order chi connectivity index (χ1) is 7.56. The van der Waals surface area contributed by atoms with Crippen molar-refractivity contribution in [3.8, 4) is 0 Å². The molecule has 0 aliphatic rings. The Morgan fingerprint density at radius 2 is 2.31 bits per heavy atom. The largest absolute Gasteiger partial charge is 0.394 e. The molecule has 4 N–H and O–H groups in total. The summed E-state index contributed by atoms with van der Waals surface area (Å²) < 4.78 is 13.4. The number of nitrogens with one attached hydrogen (secondary N) is 1. The zero-order valence-electron chi connectivity index (χ0n) is 8.41. The number of amides is 1. The summed E-state index contributed by atoms with van der Waals surface area (Å²) >= 11 is 5.57. The molecule has 88 valence electrons. The molecule has 1 rings (SSSR count). The maximum atomic E-state index is 13.4. The van der Waals surface area contributed by atoms with Crippen molar-refractivity contribution in [2.75, 3.05) is 6.61 Å². The molecule has 1 atom stereocenters. The predicted molar refractivity (Wildman–Crippen MR) is 58.3 cm³/mol. The minimum absolute atomic E-state index is 0.00166. The Kier molecular flexibility index (Phi) is 4.67. The summed E-state index contributed by atoms with van der Waals surface area (Å²) in [5, 5.41) is 11.0. The molecule has 0 fully saturated rings. The SMILES string of the molecule is NC(CO)C(=O)NCc1cccc(Cl)c1F. The fourth-order valence-corrected chi connectivity index (χ4v) is 1.28. The first kappa shape index (κ1) is 12.9. The zero-order valence-corrected chi connectivity index (χ0v) is 9.17. The van der Waals surface area contributed by atoms with Gasteiger partial charge in [0.2, 0.25) is 5.91 Å². The molecule has 0 spiro atoms. The summed E-state index contributed by atoms with van der Waals surface area (Å²) in [6.45, 7) is -0.469. The van der Waals surface area contributed by atoms with Crippen LogP contribution in [-0.2, 0) is 11.3 Å². The smallest absolute Gasteiger partial charge is 0.239 e. The van der Waals surface area contributed by atoms with Crippen LogP contribution < -0.4 is 11.1 Å². The summed E-state index contributed by atoms with van der Waals surface area (Å²) in [5.74, 6) is -1.11. The molecule has 0 radical (unpaired) electrons. The molecule has 16 heavy (non-hydrogen) atoms. The van der Waals surface area contributed by atoms with Crippen LogP contribution in [0.1, 0.15) is 5.56 Å². The number of rotatable bonds is 4. The monoisotopic (exact) mass is 246 g/mol. The zero-order chi connectivity index (χ0) is 12.1. The minimum Gasteiger partial charge on any atom is -0.394 e. The molecular formula is C10H12ClFN2O2. The normalized spacial score (nSPS) is 12.2. The van der Waals surface area contributed by atoms with Crippen LogP contribution in [0.15, 0.2) is 18.2 Å². The Bertz CT molecular complexity index is 387. The van der Waals surface area contributed by atoms with Gasteiger partial charge in [0.05, 0.1) is 11.6 Å². The van der Waals surface area contributed by atoms with Crippen molar-refractivity contribution in [3.63, 3.8) is 0 Å². The van der Waals surface area contributed by atoms with E-state index in [1.54, 1.807) is 6.07 Å². The maximum absolute atomic E-state index is 13.4. The number of carbonyl (C=O) groups is 1. The number of aliphatic hydroxyl groups excluding tert-OH is 1. The average molecular weight is 247 g/mol. The van der Waals surface area contributed by atoms with E-state index in [0.29, 0.717) is 0 Å². The van der Waals surface area contributed by atoms with E-state index >= 15 is 0 Å². The molecule has 6 heteroatoms. The Labute approximate surface area is 97.2 Å². The van der Waals surface area contributed by atoms with Crippen LogP contribution in [-0.4, -0.2) is 23.7 Å². The van der Waals surface area contributed by atoms with E-state index in [2.05, 4.69) is 5.32 Å². The molecule has 0 aromatic heterocycles. The van der Waals surface area contributed by atoms with Gasteiger partial charge in [0, 0.05) is 12.1 Å². The van der Waals surface area contributed by atoms with Gasteiger partial charge in [-0.15, -0.1) is 0 Å². The average Bonchev–Trinajstić information content (AvgIpc) is 2.29. The predicted octanol–water partition coefficient (Wildman–Crippen LogP) is 0.415. The lowest BCUT2D eigenvalue weighted by Crippen LogP contribution is -2.42. The quantitative estimate of drug-likeness (QED) is 0.721. The fourth-order valence-electron chi connectivity index (χ4n) is 1.08. The fraction of sp³-hybridized carbons (Fsp3) is 0.300. The summed E-state index contributed by atoms with van der Waals surface area (Å²) in [5.41, 5.74) is 5.54. The van der Waals surface area contributed by atoms with Gasteiger partial charge in [-0.3, -0.25) is 4.79 Å². The molecular weight excluding hydrogens is 235 g/mol. The van der Waals surface area contributed by atoms with E-state index < -0.39 is 24.4 Å². The highest BCUT2D eigenvalue weighted by atomic mass is 35.5. The molecule has 0 aliphatic carbocycles. The highest BCUT2D eigenvalue weighted by Gasteiger charge is 2.12. The highest BCUT2D eigenvalue weighted by Crippen LogP contribution is 2.17. The summed E-state index contributed by atoms with van der Waals surface area (Å²) in [6, 6.07) is 3.51. The van der Waals surface area contributed by atoms with E-state index in [0.717, 1.165) is 0 Å². The van der Waals surface area contributed by atoms with Gasteiger partial charge in [0.1, 0.15) is 11.9 Å². The third kappa shape index (κ3) is 3.16. The molecule has 1 aromatic rings. The molecule has 1 aromatic carbocycles. The van der Waals surface area contributed by atoms with Gasteiger partial charge < -0.3 is 16.2 Å². The molecule has 0 aliphatic heterocycles. The summed E-state index contributed by atoms with van der Waals surface area (Å²) in [4.78, 5) is 11.2. The van der Waals surface area contributed by atoms with Crippen molar-refractivity contribution in [1.29, 1.82) is 0 Å². The van der Waals surface area contributed by atoms with E-state index in [4.69, 9.17) is 22.4 Å². The number of hydrogen-bond acceptors (Lipinski definition) is 3. The lowest BCUT2D eigenvalue weighted by molar-refractivity contribution is -0.123. The van der Waals surface area contributed by atoms with Gasteiger partial charge in [0.25, 0.3) is 0 Å². The number of hydrogen-bond donors (Lipinski definition) is 3. The number of benzene rings is 1. The third-order valence-corrected chi connectivity index (χ3v) is 2.31. The van der Waals surface area contributed by atoms with Gasteiger partial charge in [-0.05, 0) is 6.07 Å². The van der Waals surface area contributed by atoms with Crippen molar-refractivity contribution in [2.24, 2.45) is 5.73 Å². The molecule has 1 amide bonds. The first-order valence-electron chi connectivity index (χ1n) is 4.63. The molecule has 0 heterocycles. The lowest BCUT2D eigenvalue weighted by atomic mass is 10.2. The van der Waals surface area contributed by atoms with E-state index in [-0.39, 0.29) is 17.1 Å². The van der Waals surface area contributed by atoms with E-state index in [1.807, 2.05) is 0 Å². The second-order valence-electron chi connectivity index (χ2n) is 3.22. The van der Waals surface area contributed by atoms with Crippen LogP contribution >= 0.6 is 11.6 Å². The Balaban J connectivity index is 2.61. The topological polar surface area (TPSA) is 75.3 Å². The van der Waals surface area contributed by atoms with Crippen LogP contribution in [0.5, 0.6) is 0 Å². The lowest BCUT2D eigenvalue weighted by Gasteiger charge is -2.10. The van der Waals surface area contributed by atoms with Crippen LogP contribution in [0, 0.1) is 5.82 Å². The molecule has 4 nitrogen and oxygen atoms in total. The summed E-state index contributed by atoms with van der Waals surface area (Å²) in [7, 11) is 0. The second kappa shape index (κ2) is 5.79. The van der Waals surface area contributed by atoms with Crippen LogP contribution in [0.2, 0.25) is 5.02 Å². The van der Waals surface area contributed by atoms with Gasteiger partial charge in [-0.2, -0.15) is 0 Å². The van der Waals surface area contributed by atoms with Crippen molar-refractivity contribution in [1.82, 2.24) is 5.32 Å². The Morgan fingerprint density at radius 1 is 1.62 bits per heavy atom. The Morgan fingerprint density at radius 3 is 2.94 bits per heavy atom. The third-order valence-electron chi connectivity index (χ3n) is 2.02. The van der Waals surface area contributed by atoms with Crippen LogP contribution in [0.4, 0.5) is 4.39 Å². The van der Waals surface area contributed by atoms with Gasteiger partial charge >= 0.3 is 0 Å². The van der Waals surface area contributed by atoms with Crippen molar-refractivity contribution in [2.45, 2.75) is 12.6 Å². The molecule has 1 unspecified atom stereocenters. The van der Waals surface area contributed by atoms with E-state index in [1.165, 1.54) is 12.1 Å². The number of halogens is 2. The van der Waals surface area contributed by atoms with Crippen LogP contribution in [0.25, 0.3) is 0 Å².